The summed E-state index contributed by atoms with van der Waals surface area (Å²) in [7, 11) is 0. The molecule has 0 aliphatic heterocycles. The van der Waals surface area contributed by atoms with Crippen LogP contribution in [0.15, 0.2) is 18.2 Å². The molecule has 0 spiro atoms. The fourth-order valence-electron chi connectivity index (χ4n) is 2.15. The molecule has 1 aromatic heterocycles. The summed E-state index contributed by atoms with van der Waals surface area (Å²) in [5, 5.41) is 8.83. The molecular weight excluding hydrogens is 286 g/mol. The molecule has 0 atom stereocenters. The lowest BCUT2D eigenvalue weighted by molar-refractivity contribution is -0.143. The highest BCUT2D eigenvalue weighted by Crippen LogP contribution is 2.38. The van der Waals surface area contributed by atoms with E-state index in [-0.39, 0.29) is 16.6 Å². The van der Waals surface area contributed by atoms with E-state index in [1.165, 1.54) is 18.2 Å². The minimum Gasteiger partial charge on any atom is -0.317 e. The summed E-state index contributed by atoms with van der Waals surface area (Å²) in [5.74, 6) is -5.35. The predicted molar refractivity (Wildman–Crippen MR) is 69.3 cm³/mol. The first kappa shape index (κ1) is 15.3. The van der Waals surface area contributed by atoms with E-state index in [4.69, 9.17) is 5.26 Å². The number of imidazole rings is 1. The maximum Gasteiger partial charge on any atom is 0.364 e. The zero-order valence-corrected chi connectivity index (χ0v) is 11.7. The second kappa shape index (κ2) is 4.72. The Labute approximate surface area is 118 Å². The molecule has 0 amide bonds. The summed E-state index contributed by atoms with van der Waals surface area (Å²) in [4.78, 5) is 3.66. The fraction of sp³-hybridized carbons (Fsp3) is 0.429. The van der Waals surface area contributed by atoms with Crippen LogP contribution in [0.2, 0.25) is 0 Å². The second-order valence-electron chi connectivity index (χ2n) is 5.68. The molecule has 0 N–H and O–H groups in total. The molecule has 0 fully saturated rings. The summed E-state index contributed by atoms with van der Waals surface area (Å²) in [6.07, 6.45) is -3.86. The molecule has 3 nitrogen and oxygen atoms in total. The summed E-state index contributed by atoms with van der Waals surface area (Å²) in [6.45, 7) is 4.87. The zero-order chi connectivity index (χ0) is 16.0. The molecule has 2 rings (SSSR count). The van der Waals surface area contributed by atoms with E-state index in [1.54, 1.807) is 20.8 Å². The van der Waals surface area contributed by atoms with Gasteiger partial charge in [-0.1, -0.05) is 0 Å². The van der Waals surface area contributed by atoms with Gasteiger partial charge in [0.15, 0.2) is 5.82 Å². The van der Waals surface area contributed by atoms with Gasteiger partial charge in [0.25, 0.3) is 0 Å². The van der Waals surface area contributed by atoms with Crippen LogP contribution in [0, 0.1) is 11.3 Å². The molecule has 0 saturated carbocycles. The Kier molecular flexibility index (Phi) is 3.44. The molecule has 0 unspecified atom stereocenters. The quantitative estimate of drug-likeness (QED) is 0.786. The monoisotopic (exact) mass is 299 g/mol. The average molecular weight is 299 g/mol. The largest absolute Gasteiger partial charge is 0.364 e. The van der Waals surface area contributed by atoms with Crippen LogP contribution in [0.25, 0.3) is 11.0 Å². The van der Waals surface area contributed by atoms with Gasteiger partial charge in [-0.2, -0.15) is 14.0 Å². The van der Waals surface area contributed by atoms with E-state index in [1.807, 2.05) is 6.07 Å². The van der Waals surface area contributed by atoms with E-state index in [9.17, 15) is 17.6 Å². The van der Waals surface area contributed by atoms with Gasteiger partial charge in [-0.15, -0.1) is 0 Å². The van der Waals surface area contributed by atoms with Crippen molar-refractivity contribution in [3.8, 4) is 6.07 Å². The molecular formula is C14H13F4N3. The minimum atomic E-state index is -4.36. The summed E-state index contributed by atoms with van der Waals surface area (Å²) >= 11 is 0. The topological polar surface area (TPSA) is 41.6 Å². The second-order valence-corrected chi connectivity index (χ2v) is 5.68. The van der Waals surface area contributed by atoms with Crippen LogP contribution in [0.1, 0.15) is 32.2 Å². The van der Waals surface area contributed by atoms with Gasteiger partial charge in [0.2, 0.25) is 0 Å². The maximum absolute atomic E-state index is 13.8. The number of alkyl halides is 4. The van der Waals surface area contributed by atoms with Crippen LogP contribution in [-0.2, 0) is 11.5 Å². The molecule has 0 radical (unpaired) electrons. The van der Waals surface area contributed by atoms with Crippen LogP contribution < -0.4 is 0 Å². The lowest BCUT2D eigenvalue weighted by Crippen LogP contribution is -2.33. The molecule has 1 aromatic carbocycles. The highest BCUT2D eigenvalue weighted by molar-refractivity contribution is 5.78. The lowest BCUT2D eigenvalue weighted by Gasteiger charge is -2.27. The number of nitrogens with zero attached hydrogens (tertiary/aromatic N) is 3. The van der Waals surface area contributed by atoms with Crippen LogP contribution in [0.4, 0.5) is 17.6 Å². The minimum absolute atomic E-state index is 0.0966. The van der Waals surface area contributed by atoms with Gasteiger partial charge < -0.3 is 4.57 Å². The first-order valence-corrected chi connectivity index (χ1v) is 6.18. The van der Waals surface area contributed by atoms with Crippen molar-refractivity contribution >= 4 is 11.0 Å². The Bertz CT molecular complexity index is 720. The smallest absolute Gasteiger partial charge is 0.317 e. The molecule has 112 valence electrons. The van der Waals surface area contributed by atoms with Crippen molar-refractivity contribution in [2.24, 2.45) is 0 Å². The number of nitriles is 1. The highest BCUT2D eigenvalue weighted by atomic mass is 19.3. The first-order valence-electron chi connectivity index (χ1n) is 6.18. The number of benzene rings is 1. The van der Waals surface area contributed by atoms with Crippen molar-refractivity contribution in [3.05, 3.63) is 29.6 Å². The molecule has 7 heteroatoms. The summed E-state index contributed by atoms with van der Waals surface area (Å²) < 4.78 is 54.0. The van der Waals surface area contributed by atoms with Gasteiger partial charge in [-0.25, -0.2) is 13.8 Å². The van der Waals surface area contributed by atoms with Crippen molar-refractivity contribution < 1.29 is 17.6 Å². The third kappa shape index (κ3) is 2.46. The third-order valence-corrected chi connectivity index (χ3v) is 3.03. The van der Waals surface area contributed by atoms with Gasteiger partial charge in [0, 0.05) is 5.54 Å². The molecule has 1 heterocycles. The third-order valence-electron chi connectivity index (χ3n) is 3.03. The molecule has 0 saturated heterocycles. The van der Waals surface area contributed by atoms with E-state index in [0.717, 1.165) is 4.57 Å². The Morgan fingerprint density at radius 1 is 1.24 bits per heavy atom. The van der Waals surface area contributed by atoms with Gasteiger partial charge in [-0.05, 0) is 39.0 Å². The number of halogens is 4. The summed E-state index contributed by atoms with van der Waals surface area (Å²) in [5.41, 5.74) is -0.250. The standard InChI is InChI=1S/C14H13F4N3/c1-13(2,3)21-10-5-4-8(7-19)6-9(10)20-12(21)14(17,18)11(15)16/h4-6,11H,1-3H3. The molecule has 21 heavy (non-hydrogen) atoms. The Balaban J connectivity index is 2.85. The van der Waals surface area contributed by atoms with E-state index in [0.29, 0.717) is 0 Å². The number of aromatic nitrogens is 2. The van der Waals surface area contributed by atoms with E-state index in [2.05, 4.69) is 4.98 Å². The van der Waals surface area contributed by atoms with Crippen molar-refractivity contribution in [1.29, 1.82) is 5.26 Å². The van der Waals surface area contributed by atoms with Crippen molar-refractivity contribution in [2.75, 3.05) is 0 Å². The maximum atomic E-state index is 13.8. The summed E-state index contributed by atoms with van der Waals surface area (Å²) in [6, 6.07) is 6.05. The van der Waals surface area contributed by atoms with Crippen LogP contribution in [0.5, 0.6) is 0 Å². The van der Waals surface area contributed by atoms with Crippen LogP contribution in [-0.4, -0.2) is 16.0 Å². The molecule has 0 aliphatic carbocycles. The van der Waals surface area contributed by atoms with Gasteiger partial charge in [0.05, 0.1) is 22.7 Å². The zero-order valence-electron chi connectivity index (χ0n) is 11.7. The number of hydrogen-bond acceptors (Lipinski definition) is 2. The van der Waals surface area contributed by atoms with Crippen LogP contribution >= 0.6 is 0 Å². The molecule has 0 bridgehead atoms. The Morgan fingerprint density at radius 3 is 2.33 bits per heavy atom. The van der Waals surface area contributed by atoms with Crippen LogP contribution in [0.3, 0.4) is 0 Å². The fourth-order valence-corrected chi connectivity index (χ4v) is 2.15. The van der Waals surface area contributed by atoms with Crippen molar-refractivity contribution in [3.63, 3.8) is 0 Å². The average Bonchev–Trinajstić information content (AvgIpc) is 2.76. The highest BCUT2D eigenvalue weighted by Gasteiger charge is 2.48. The SMILES string of the molecule is CC(C)(C)n1c(C(F)(F)C(F)F)nc2cc(C#N)ccc21. The van der Waals surface area contributed by atoms with E-state index < -0.39 is 23.7 Å². The molecule has 2 aromatic rings. The van der Waals surface area contributed by atoms with E-state index >= 15 is 0 Å². The first-order chi connectivity index (χ1) is 9.59. The number of hydrogen-bond donors (Lipinski definition) is 0. The van der Waals surface area contributed by atoms with Gasteiger partial charge in [0.1, 0.15) is 0 Å². The Hall–Kier alpha value is -2.10. The van der Waals surface area contributed by atoms with Crippen molar-refractivity contribution in [1.82, 2.24) is 9.55 Å². The van der Waals surface area contributed by atoms with Gasteiger partial charge in [-0.3, -0.25) is 0 Å². The lowest BCUT2D eigenvalue weighted by atomic mass is 10.1. The number of rotatable bonds is 2. The predicted octanol–water partition coefficient (Wildman–Crippen LogP) is 4.02. The number of fused-ring (bicyclic) bond motifs is 1. The van der Waals surface area contributed by atoms with Gasteiger partial charge >= 0.3 is 12.3 Å². The van der Waals surface area contributed by atoms with Crippen molar-refractivity contribution in [2.45, 2.75) is 38.7 Å². The Morgan fingerprint density at radius 2 is 1.86 bits per heavy atom. The normalized spacial score (nSPS) is 12.9. The molecule has 0 aliphatic rings.